The Hall–Kier alpha value is -0.120. The summed E-state index contributed by atoms with van der Waals surface area (Å²) < 4.78 is 5.48. The van der Waals surface area contributed by atoms with Gasteiger partial charge in [-0.2, -0.15) is 0 Å². The van der Waals surface area contributed by atoms with Crippen molar-refractivity contribution in [2.24, 2.45) is 17.3 Å². The highest BCUT2D eigenvalue weighted by molar-refractivity contribution is 4.94. The van der Waals surface area contributed by atoms with Crippen LogP contribution in [0.5, 0.6) is 0 Å². The van der Waals surface area contributed by atoms with Crippen LogP contribution in [0.4, 0.5) is 0 Å². The molecule has 94 valence electrons. The standard InChI is InChI=1S/C13H26N2O/c1-11(2)13(9-16-10-13)12(3)8-15-6-4-14-5-7-15/h11-12,14H,4-10H2,1-3H3. The van der Waals surface area contributed by atoms with Gasteiger partial charge in [-0.05, 0) is 11.8 Å². The fourth-order valence-electron chi connectivity index (χ4n) is 2.99. The molecule has 0 aromatic heterocycles. The first-order chi connectivity index (χ1) is 7.65. The van der Waals surface area contributed by atoms with Crippen LogP contribution in [0.2, 0.25) is 0 Å². The van der Waals surface area contributed by atoms with Crippen LogP contribution in [0.25, 0.3) is 0 Å². The first kappa shape index (κ1) is 12.3. The molecule has 1 unspecified atom stereocenters. The van der Waals surface area contributed by atoms with Gasteiger partial charge in [-0.25, -0.2) is 0 Å². The molecular formula is C13H26N2O. The molecule has 1 atom stereocenters. The molecule has 3 heteroatoms. The lowest BCUT2D eigenvalue weighted by atomic mass is 9.66. The van der Waals surface area contributed by atoms with E-state index in [-0.39, 0.29) is 0 Å². The van der Waals surface area contributed by atoms with E-state index in [9.17, 15) is 0 Å². The summed E-state index contributed by atoms with van der Waals surface area (Å²) in [5.41, 5.74) is 0.449. The van der Waals surface area contributed by atoms with Gasteiger partial charge in [0.05, 0.1) is 13.2 Å². The molecule has 0 saturated carbocycles. The average Bonchev–Trinajstić information content (AvgIpc) is 2.16. The van der Waals surface area contributed by atoms with Gasteiger partial charge >= 0.3 is 0 Å². The Morgan fingerprint density at radius 1 is 1.19 bits per heavy atom. The Bertz CT molecular complexity index is 220. The smallest absolute Gasteiger partial charge is 0.0550 e. The molecule has 2 heterocycles. The van der Waals surface area contributed by atoms with E-state index in [0.717, 1.165) is 38.1 Å². The lowest BCUT2D eigenvalue weighted by Crippen LogP contribution is -2.55. The maximum atomic E-state index is 5.48. The second-order valence-electron chi connectivity index (χ2n) is 5.83. The Labute approximate surface area is 99.5 Å². The van der Waals surface area contributed by atoms with E-state index < -0.39 is 0 Å². The minimum atomic E-state index is 0.449. The number of hydrogen-bond acceptors (Lipinski definition) is 3. The van der Waals surface area contributed by atoms with Crippen LogP contribution in [0.15, 0.2) is 0 Å². The van der Waals surface area contributed by atoms with Crippen LogP contribution in [-0.2, 0) is 4.74 Å². The van der Waals surface area contributed by atoms with Gasteiger partial charge in [-0.3, -0.25) is 0 Å². The van der Waals surface area contributed by atoms with Crippen molar-refractivity contribution >= 4 is 0 Å². The molecule has 0 bridgehead atoms. The molecule has 2 aliphatic rings. The van der Waals surface area contributed by atoms with Gasteiger partial charge in [-0.1, -0.05) is 20.8 Å². The summed E-state index contributed by atoms with van der Waals surface area (Å²) in [6, 6.07) is 0. The summed E-state index contributed by atoms with van der Waals surface area (Å²) in [4.78, 5) is 2.60. The van der Waals surface area contributed by atoms with Crippen LogP contribution in [0.1, 0.15) is 20.8 Å². The van der Waals surface area contributed by atoms with Crippen molar-refractivity contribution < 1.29 is 4.74 Å². The van der Waals surface area contributed by atoms with Crippen molar-refractivity contribution in [1.82, 2.24) is 10.2 Å². The van der Waals surface area contributed by atoms with Gasteiger partial charge < -0.3 is 15.0 Å². The van der Waals surface area contributed by atoms with E-state index in [2.05, 4.69) is 31.0 Å². The summed E-state index contributed by atoms with van der Waals surface area (Å²) in [7, 11) is 0. The van der Waals surface area contributed by atoms with Gasteiger partial charge in [0.2, 0.25) is 0 Å². The Morgan fingerprint density at radius 2 is 1.81 bits per heavy atom. The number of nitrogens with one attached hydrogen (secondary N) is 1. The first-order valence-corrected chi connectivity index (χ1v) is 6.66. The predicted molar refractivity (Wildman–Crippen MR) is 66.6 cm³/mol. The highest BCUT2D eigenvalue weighted by Crippen LogP contribution is 2.43. The third kappa shape index (κ3) is 2.27. The van der Waals surface area contributed by atoms with Crippen molar-refractivity contribution in [2.45, 2.75) is 20.8 Å². The van der Waals surface area contributed by atoms with Gasteiger partial charge in [0, 0.05) is 38.1 Å². The molecule has 2 saturated heterocycles. The Morgan fingerprint density at radius 3 is 2.25 bits per heavy atom. The van der Waals surface area contributed by atoms with Crippen molar-refractivity contribution in [2.75, 3.05) is 45.9 Å². The lowest BCUT2D eigenvalue weighted by molar-refractivity contribution is -0.172. The predicted octanol–water partition coefficient (Wildman–Crippen LogP) is 1.20. The fourth-order valence-corrected chi connectivity index (χ4v) is 2.99. The molecule has 2 rings (SSSR count). The number of rotatable bonds is 4. The minimum absolute atomic E-state index is 0.449. The summed E-state index contributed by atoms with van der Waals surface area (Å²) in [5.74, 6) is 1.48. The Balaban J connectivity index is 1.88. The normalized spacial score (nSPS) is 27.8. The van der Waals surface area contributed by atoms with Gasteiger partial charge in [-0.15, -0.1) is 0 Å². The highest BCUT2D eigenvalue weighted by atomic mass is 16.5. The zero-order valence-corrected chi connectivity index (χ0v) is 11.0. The van der Waals surface area contributed by atoms with Gasteiger partial charge in [0.25, 0.3) is 0 Å². The van der Waals surface area contributed by atoms with Crippen molar-refractivity contribution in [3.05, 3.63) is 0 Å². The summed E-state index contributed by atoms with van der Waals surface area (Å²) >= 11 is 0. The molecule has 1 N–H and O–H groups in total. The topological polar surface area (TPSA) is 24.5 Å². The van der Waals surface area contributed by atoms with E-state index in [1.165, 1.54) is 19.6 Å². The maximum absolute atomic E-state index is 5.48. The second-order valence-corrected chi connectivity index (χ2v) is 5.83. The third-order valence-corrected chi connectivity index (χ3v) is 4.61. The summed E-state index contributed by atoms with van der Waals surface area (Å²) in [5, 5.41) is 3.41. The average molecular weight is 226 g/mol. The Kier molecular flexibility index (Phi) is 3.88. The first-order valence-electron chi connectivity index (χ1n) is 6.66. The molecule has 3 nitrogen and oxygen atoms in total. The van der Waals surface area contributed by atoms with Crippen LogP contribution in [-0.4, -0.2) is 50.8 Å². The summed E-state index contributed by atoms with van der Waals surface area (Å²) in [6.07, 6.45) is 0. The molecule has 0 aliphatic carbocycles. The van der Waals surface area contributed by atoms with Crippen LogP contribution in [0, 0.1) is 17.3 Å². The molecule has 16 heavy (non-hydrogen) atoms. The second kappa shape index (κ2) is 5.03. The number of hydrogen-bond donors (Lipinski definition) is 1. The number of ether oxygens (including phenoxy) is 1. The molecular weight excluding hydrogens is 200 g/mol. The lowest BCUT2D eigenvalue weighted by Gasteiger charge is -2.50. The van der Waals surface area contributed by atoms with Crippen molar-refractivity contribution in [3.8, 4) is 0 Å². The van der Waals surface area contributed by atoms with E-state index in [4.69, 9.17) is 4.74 Å². The van der Waals surface area contributed by atoms with Gasteiger partial charge in [0.15, 0.2) is 0 Å². The molecule has 2 fully saturated rings. The monoisotopic (exact) mass is 226 g/mol. The minimum Gasteiger partial charge on any atom is -0.380 e. The molecule has 0 spiro atoms. The molecule has 0 radical (unpaired) electrons. The third-order valence-electron chi connectivity index (χ3n) is 4.61. The molecule has 0 aromatic carbocycles. The van der Waals surface area contributed by atoms with E-state index >= 15 is 0 Å². The van der Waals surface area contributed by atoms with Gasteiger partial charge in [0.1, 0.15) is 0 Å². The van der Waals surface area contributed by atoms with Crippen LogP contribution >= 0.6 is 0 Å². The van der Waals surface area contributed by atoms with Crippen LogP contribution < -0.4 is 5.32 Å². The molecule has 2 aliphatic heterocycles. The zero-order chi connectivity index (χ0) is 11.6. The van der Waals surface area contributed by atoms with E-state index in [0.29, 0.717) is 5.41 Å². The summed E-state index contributed by atoms with van der Waals surface area (Å²) in [6.45, 7) is 15.0. The fraction of sp³-hybridized carbons (Fsp3) is 1.00. The maximum Gasteiger partial charge on any atom is 0.0550 e. The highest BCUT2D eigenvalue weighted by Gasteiger charge is 2.46. The van der Waals surface area contributed by atoms with E-state index in [1.54, 1.807) is 0 Å². The SMILES string of the molecule is CC(C)C1(C(C)CN2CCNCC2)COC1. The quantitative estimate of drug-likeness (QED) is 0.779. The zero-order valence-electron chi connectivity index (χ0n) is 11.0. The molecule has 0 aromatic rings. The number of piperazine rings is 1. The van der Waals surface area contributed by atoms with E-state index in [1.807, 2.05) is 0 Å². The number of nitrogens with zero attached hydrogens (tertiary/aromatic N) is 1. The van der Waals surface area contributed by atoms with Crippen LogP contribution in [0.3, 0.4) is 0 Å². The largest absolute Gasteiger partial charge is 0.380 e. The van der Waals surface area contributed by atoms with Crippen molar-refractivity contribution in [1.29, 1.82) is 0 Å². The molecule has 0 amide bonds. The van der Waals surface area contributed by atoms with Crippen molar-refractivity contribution in [3.63, 3.8) is 0 Å².